The second-order valence-corrected chi connectivity index (χ2v) is 7.21. The molecule has 0 aromatic heterocycles. The maximum Gasteiger partial charge on any atom is 0.303 e. The van der Waals surface area contributed by atoms with E-state index in [4.69, 9.17) is 5.11 Å². The Bertz CT molecular complexity index is 180. The largest absolute Gasteiger partial charge is 0.481 e. The lowest BCUT2D eigenvalue weighted by atomic mass is 10.2. The third kappa shape index (κ3) is 3.27. The molecule has 1 aliphatic rings. The van der Waals surface area contributed by atoms with Crippen LogP contribution in [-0.4, -0.2) is 26.2 Å². The van der Waals surface area contributed by atoms with Crippen molar-refractivity contribution in [2.45, 2.75) is 36.0 Å². The first kappa shape index (κ1) is 10.3. The zero-order valence-electron chi connectivity index (χ0n) is 7.37. The van der Waals surface area contributed by atoms with Crippen molar-refractivity contribution in [3.05, 3.63) is 0 Å². The van der Waals surface area contributed by atoms with Gasteiger partial charge in [-0.3, -0.25) is 4.79 Å². The van der Waals surface area contributed by atoms with Crippen LogP contribution in [0.3, 0.4) is 0 Å². The van der Waals surface area contributed by atoms with Gasteiger partial charge in [-0.1, -0.05) is 0 Å². The van der Waals surface area contributed by atoms with E-state index in [2.05, 4.69) is 13.8 Å². The Morgan fingerprint density at radius 1 is 1.67 bits per heavy atom. The lowest BCUT2D eigenvalue weighted by Crippen LogP contribution is -2.07. The number of carboxylic acids is 1. The van der Waals surface area contributed by atoms with Crippen molar-refractivity contribution in [2.75, 3.05) is 5.75 Å². The van der Waals surface area contributed by atoms with Crippen LogP contribution in [0.15, 0.2) is 0 Å². The fourth-order valence-corrected chi connectivity index (χ4v) is 4.34. The maximum absolute atomic E-state index is 10.3. The highest BCUT2D eigenvalue weighted by Gasteiger charge is 2.32. The summed E-state index contributed by atoms with van der Waals surface area (Å²) >= 11 is 3.84. The molecular formula is C8H14O2S2. The monoisotopic (exact) mass is 206 g/mol. The molecule has 0 aromatic rings. The standard InChI is InChI=1S/C8H14O2S2/c1-8(2)11-5-6(12-8)3-4-7(9)10/h6H,3-5H2,1-2H3,(H,9,10). The van der Waals surface area contributed by atoms with Gasteiger partial charge in [0.2, 0.25) is 0 Å². The van der Waals surface area contributed by atoms with E-state index in [9.17, 15) is 4.79 Å². The van der Waals surface area contributed by atoms with E-state index in [0.29, 0.717) is 15.7 Å². The number of thioether (sulfide) groups is 2. The highest BCUT2D eigenvalue weighted by molar-refractivity contribution is 8.21. The normalized spacial score (nSPS) is 27.3. The predicted molar refractivity (Wildman–Crippen MR) is 54.8 cm³/mol. The van der Waals surface area contributed by atoms with Gasteiger partial charge in [0, 0.05) is 17.4 Å². The summed E-state index contributed by atoms with van der Waals surface area (Å²) in [5.41, 5.74) is 0. The minimum Gasteiger partial charge on any atom is -0.481 e. The average molecular weight is 206 g/mol. The Morgan fingerprint density at radius 2 is 2.33 bits per heavy atom. The number of aliphatic carboxylic acids is 1. The minimum atomic E-state index is -0.676. The first-order chi connectivity index (χ1) is 5.49. The number of rotatable bonds is 3. The summed E-state index contributed by atoms with van der Waals surface area (Å²) in [6.45, 7) is 4.40. The topological polar surface area (TPSA) is 37.3 Å². The van der Waals surface area contributed by atoms with Crippen LogP contribution in [0.2, 0.25) is 0 Å². The quantitative estimate of drug-likeness (QED) is 0.769. The molecule has 1 N–H and O–H groups in total. The van der Waals surface area contributed by atoms with Crippen LogP contribution < -0.4 is 0 Å². The predicted octanol–water partition coefficient (Wildman–Crippen LogP) is 2.44. The summed E-state index contributed by atoms with van der Waals surface area (Å²) in [4.78, 5) is 10.3. The van der Waals surface area contributed by atoms with Gasteiger partial charge in [0.05, 0.1) is 4.08 Å². The molecule has 1 fully saturated rings. The van der Waals surface area contributed by atoms with Crippen molar-refractivity contribution >= 4 is 29.5 Å². The Morgan fingerprint density at radius 3 is 2.75 bits per heavy atom. The first-order valence-electron chi connectivity index (χ1n) is 4.03. The number of hydrogen-bond acceptors (Lipinski definition) is 3. The van der Waals surface area contributed by atoms with Gasteiger partial charge < -0.3 is 5.11 Å². The molecule has 1 heterocycles. The molecule has 0 aromatic carbocycles. The van der Waals surface area contributed by atoms with Crippen LogP contribution in [0, 0.1) is 0 Å². The second kappa shape index (κ2) is 3.92. The number of hydrogen-bond donors (Lipinski definition) is 1. The Balaban J connectivity index is 2.24. The zero-order chi connectivity index (χ0) is 9.19. The molecule has 0 amide bonds. The van der Waals surface area contributed by atoms with Crippen molar-refractivity contribution in [1.82, 2.24) is 0 Å². The van der Waals surface area contributed by atoms with E-state index < -0.39 is 5.97 Å². The maximum atomic E-state index is 10.3. The van der Waals surface area contributed by atoms with Crippen molar-refractivity contribution in [2.24, 2.45) is 0 Å². The summed E-state index contributed by atoms with van der Waals surface area (Å²) in [5, 5.41) is 9.03. The van der Waals surface area contributed by atoms with E-state index in [0.717, 1.165) is 12.2 Å². The van der Waals surface area contributed by atoms with Gasteiger partial charge in [0.25, 0.3) is 0 Å². The smallest absolute Gasteiger partial charge is 0.303 e. The van der Waals surface area contributed by atoms with E-state index in [1.165, 1.54) is 0 Å². The minimum absolute atomic E-state index is 0.295. The van der Waals surface area contributed by atoms with Crippen LogP contribution in [0.5, 0.6) is 0 Å². The molecule has 12 heavy (non-hydrogen) atoms. The third-order valence-electron chi connectivity index (χ3n) is 1.75. The molecule has 70 valence electrons. The van der Waals surface area contributed by atoms with Crippen molar-refractivity contribution in [3.8, 4) is 0 Å². The van der Waals surface area contributed by atoms with Crippen LogP contribution in [0.4, 0.5) is 0 Å². The number of carbonyl (C=O) groups is 1. The molecule has 1 saturated heterocycles. The Hall–Kier alpha value is 0.170. The molecule has 1 rings (SSSR count). The third-order valence-corrected chi connectivity index (χ3v) is 5.17. The Labute approximate surface area is 81.5 Å². The number of carboxylic acid groups (broad SMARTS) is 1. The van der Waals surface area contributed by atoms with Gasteiger partial charge >= 0.3 is 5.97 Å². The Kier molecular flexibility index (Phi) is 3.35. The van der Waals surface area contributed by atoms with E-state index >= 15 is 0 Å². The molecule has 0 aliphatic carbocycles. The lowest BCUT2D eigenvalue weighted by molar-refractivity contribution is -0.137. The fraction of sp³-hybridized carbons (Fsp3) is 0.875. The van der Waals surface area contributed by atoms with Crippen molar-refractivity contribution in [3.63, 3.8) is 0 Å². The summed E-state index contributed by atoms with van der Waals surface area (Å²) in [5.74, 6) is 0.426. The van der Waals surface area contributed by atoms with Gasteiger partial charge in [-0.25, -0.2) is 0 Å². The molecular weight excluding hydrogens is 192 g/mol. The van der Waals surface area contributed by atoms with Gasteiger partial charge in [0.15, 0.2) is 0 Å². The van der Waals surface area contributed by atoms with Crippen LogP contribution >= 0.6 is 23.5 Å². The highest BCUT2D eigenvalue weighted by atomic mass is 32.2. The summed E-state index contributed by atoms with van der Waals surface area (Å²) < 4.78 is 0.295. The molecule has 0 radical (unpaired) electrons. The average Bonchev–Trinajstić information content (AvgIpc) is 2.26. The van der Waals surface area contributed by atoms with Gasteiger partial charge in [-0.05, 0) is 20.3 Å². The van der Waals surface area contributed by atoms with Crippen molar-refractivity contribution in [1.29, 1.82) is 0 Å². The molecule has 0 saturated carbocycles. The van der Waals surface area contributed by atoms with Crippen LogP contribution in [-0.2, 0) is 4.79 Å². The zero-order valence-corrected chi connectivity index (χ0v) is 9.00. The summed E-state index contributed by atoms with van der Waals surface area (Å²) in [6.07, 6.45) is 1.13. The highest BCUT2D eigenvalue weighted by Crippen LogP contribution is 2.48. The van der Waals surface area contributed by atoms with Gasteiger partial charge in [-0.2, -0.15) is 0 Å². The molecule has 4 heteroatoms. The molecule has 0 bridgehead atoms. The second-order valence-electron chi connectivity index (χ2n) is 3.38. The van der Waals surface area contributed by atoms with Gasteiger partial charge in [-0.15, -0.1) is 23.5 Å². The summed E-state index contributed by atoms with van der Waals surface area (Å²) in [6, 6.07) is 0. The fourth-order valence-electron chi connectivity index (χ4n) is 1.19. The van der Waals surface area contributed by atoms with Crippen LogP contribution in [0.1, 0.15) is 26.7 Å². The molecule has 2 nitrogen and oxygen atoms in total. The van der Waals surface area contributed by atoms with Gasteiger partial charge in [0.1, 0.15) is 0 Å². The molecule has 0 spiro atoms. The van der Waals surface area contributed by atoms with E-state index in [-0.39, 0.29) is 0 Å². The van der Waals surface area contributed by atoms with E-state index in [1.807, 2.05) is 23.5 Å². The first-order valence-corrected chi connectivity index (χ1v) is 5.90. The molecule has 1 aliphatic heterocycles. The lowest BCUT2D eigenvalue weighted by Gasteiger charge is -2.14. The van der Waals surface area contributed by atoms with E-state index in [1.54, 1.807) is 0 Å². The molecule has 1 unspecified atom stereocenters. The SMILES string of the molecule is CC1(C)SCC(CCC(=O)O)S1. The van der Waals surface area contributed by atoms with Crippen molar-refractivity contribution < 1.29 is 9.90 Å². The summed E-state index contributed by atoms with van der Waals surface area (Å²) in [7, 11) is 0. The van der Waals surface area contributed by atoms with Crippen LogP contribution in [0.25, 0.3) is 0 Å². The molecule has 1 atom stereocenters.